The quantitative estimate of drug-likeness (QED) is 0.464. The number of rotatable bonds is 6. The number of hydrogen-bond donors (Lipinski definition) is 2. The Kier molecular flexibility index (Phi) is 5.35. The van der Waals surface area contributed by atoms with Crippen LogP contribution in [0.1, 0.15) is 32.3 Å². The molecule has 0 amide bonds. The van der Waals surface area contributed by atoms with Gasteiger partial charge in [-0.1, -0.05) is 19.4 Å². The van der Waals surface area contributed by atoms with Gasteiger partial charge < -0.3 is 10.5 Å². The molecule has 1 atom stereocenters. The highest BCUT2D eigenvalue weighted by Crippen LogP contribution is 2.29. The van der Waals surface area contributed by atoms with Crippen molar-refractivity contribution in [2.45, 2.75) is 37.7 Å². The number of ether oxygens (including phenoxy) is 1. The molecule has 3 nitrogen and oxygen atoms in total. The highest BCUT2D eigenvalue weighted by Gasteiger charge is 2.13. The van der Waals surface area contributed by atoms with Gasteiger partial charge in [0.15, 0.2) is 0 Å². The molecule has 1 aromatic rings. The van der Waals surface area contributed by atoms with Crippen molar-refractivity contribution in [1.82, 2.24) is 0 Å². The summed E-state index contributed by atoms with van der Waals surface area (Å²) in [6, 6.07) is 5.77. The van der Waals surface area contributed by atoms with E-state index in [2.05, 4.69) is 6.92 Å². The van der Waals surface area contributed by atoms with Gasteiger partial charge in [-0.2, -0.15) is 0 Å². The van der Waals surface area contributed by atoms with E-state index in [1.807, 2.05) is 31.4 Å². The standard InChI is InChI=1S/C13H20N2OS/c1-4-6-9(2)16-10-7-5-8-11(17-3)12(10)13(14)15/h5,7-9H,4,6H2,1-3H3,(H3,14,15). The molecule has 4 heteroatoms. The van der Waals surface area contributed by atoms with Crippen LogP contribution in [0.2, 0.25) is 0 Å². The monoisotopic (exact) mass is 252 g/mol. The molecule has 1 aromatic carbocycles. The Morgan fingerprint density at radius 1 is 1.53 bits per heavy atom. The van der Waals surface area contributed by atoms with Gasteiger partial charge in [-0.05, 0) is 31.7 Å². The summed E-state index contributed by atoms with van der Waals surface area (Å²) in [6.45, 7) is 4.17. The molecule has 0 aliphatic heterocycles. The lowest BCUT2D eigenvalue weighted by Crippen LogP contribution is -2.18. The van der Waals surface area contributed by atoms with Crippen LogP contribution in [0, 0.1) is 5.41 Å². The Morgan fingerprint density at radius 3 is 2.76 bits per heavy atom. The van der Waals surface area contributed by atoms with Crippen LogP contribution >= 0.6 is 11.8 Å². The summed E-state index contributed by atoms with van der Waals surface area (Å²) in [5.74, 6) is 0.777. The van der Waals surface area contributed by atoms with Crippen LogP contribution in [0.4, 0.5) is 0 Å². The first-order valence-electron chi connectivity index (χ1n) is 5.78. The molecule has 0 fully saturated rings. The summed E-state index contributed by atoms with van der Waals surface area (Å²) >= 11 is 1.58. The zero-order chi connectivity index (χ0) is 12.8. The van der Waals surface area contributed by atoms with E-state index < -0.39 is 0 Å². The number of benzene rings is 1. The van der Waals surface area contributed by atoms with Gasteiger partial charge in [-0.15, -0.1) is 11.8 Å². The number of nitrogens with two attached hydrogens (primary N) is 1. The second-order valence-corrected chi connectivity index (χ2v) is 4.81. The maximum atomic E-state index is 7.65. The predicted octanol–water partition coefficient (Wildman–Crippen LogP) is 3.26. The van der Waals surface area contributed by atoms with Gasteiger partial charge in [0.05, 0.1) is 11.7 Å². The summed E-state index contributed by atoms with van der Waals surface area (Å²) < 4.78 is 5.86. The third kappa shape index (κ3) is 3.66. The number of amidine groups is 1. The molecule has 1 rings (SSSR count). The van der Waals surface area contributed by atoms with E-state index in [4.69, 9.17) is 15.9 Å². The summed E-state index contributed by atoms with van der Waals surface area (Å²) in [7, 11) is 0. The first-order chi connectivity index (χ1) is 8.10. The lowest BCUT2D eigenvalue weighted by molar-refractivity contribution is 0.209. The van der Waals surface area contributed by atoms with E-state index >= 15 is 0 Å². The average Bonchev–Trinajstić information content (AvgIpc) is 2.28. The smallest absolute Gasteiger partial charge is 0.131 e. The van der Waals surface area contributed by atoms with Crippen LogP contribution in [0.5, 0.6) is 5.75 Å². The highest BCUT2D eigenvalue weighted by atomic mass is 32.2. The van der Waals surface area contributed by atoms with Gasteiger partial charge in [0.25, 0.3) is 0 Å². The highest BCUT2D eigenvalue weighted by molar-refractivity contribution is 7.98. The maximum absolute atomic E-state index is 7.65. The molecule has 0 spiro atoms. The molecular weight excluding hydrogens is 232 g/mol. The minimum atomic E-state index is 0.0636. The second kappa shape index (κ2) is 6.55. The Morgan fingerprint density at radius 2 is 2.24 bits per heavy atom. The zero-order valence-electron chi connectivity index (χ0n) is 10.6. The fourth-order valence-electron chi connectivity index (χ4n) is 1.73. The number of thioether (sulfide) groups is 1. The lowest BCUT2D eigenvalue weighted by Gasteiger charge is -2.18. The van der Waals surface area contributed by atoms with Crippen molar-refractivity contribution in [3.8, 4) is 5.75 Å². The van der Waals surface area contributed by atoms with Gasteiger partial charge in [0.2, 0.25) is 0 Å². The zero-order valence-corrected chi connectivity index (χ0v) is 11.4. The van der Waals surface area contributed by atoms with Crippen molar-refractivity contribution < 1.29 is 4.74 Å². The van der Waals surface area contributed by atoms with E-state index in [1.54, 1.807) is 11.8 Å². The molecule has 0 aromatic heterocycles. The average molecular weight is 252 g/mol. The topological polar surface area (TPSA) is 59.1 Å². The van der Waals surface area contributed by atoms with Crippen molar-refractivity contribution in [1.29, 1.82) is 5.41 Å². The SMILES string of the molecule is CCCC(C)Oc1cccc(SC)c1C(=N)N. The first kappa shape index (κ1) is 13.9. The van der Waals surface area contributed by atoms with Gasteiger partial charge in [-0.25, -0.2) is 0 Å². The van der Waals surface area contributed by atoms with Crippen LogP contribution in [0.15, 0.2) is 23.1 Å². The summed E-state index contributed by atoms with van der Waals surface area (Å²) in [5.41, 5.74) is 6.34. The Balaban J connectivity index is 3.02. The van der Waals surface area contributed by atoms with Crippen molar-refractivity contribution in [3.63, 3.8) is 0 Å². The lowest BCUT2D eigenvalue weighted by atomic mass is 10.1. The summed E-state index contributed by atoms with van der Waals surface area (Å²) in [4.78, 5) is 0.985. The third-order valence-corrected chi connectivity index (χ3v) is 3.28. The van der Waals surface area contributed by atoms with Gasteiger partial charge in [-0.3, -0.25) is 5.41 Å². The van der Waals surface area contributed by atoms with Crippen molar-refractivity contribution >= 4 is 17.6 Å². The van der Waals surface area contributed by atoms with Gasteiger partial charge >= 0.3 is 0 Å². The molecule has 17 heavy (non-hydrogen) atoms. The van der Waals surface area contributed by atoms with Crippen LogP contribution in [0.3, 0.4) is 0 Å². The minimum absolute atomic E-state index is 0.0636. The first-order valence-corrected chi connectivity index (χ1v) is 7.00. The molecule has 0 saturated heterocycles. The Labute approximate surface area is 107 Å². The predicted molar refractivity (Wildman–Crippen MR) is 74.2 cm³/mol. The van der Waals surface area contributed by atoms with E-state index in [1.165, 1.54) is 0 Å². The molecule has 0 aliphatic carbocycles. The Bertz CT molecular complexity index is 393. The summed E-state index contributed by atoms with van der Waals surface area (Å²) in [5, 5.41) is 7.65. The molecule has 94 valence electrons. The summed E-state index contributed by atoms with van der Waals surface area (Å²) in [6.07, 6.45) is 4.20. The van der Waals surface area contributed by atoms with Crippen LogP contribution in [0.25, 0.3) is 0 Å². The number of hydrogen-bond acceptors (Lipinski definition) is 3. The maximum Gasteiger partial charge on any atom is 0.131 e. The third-order valence-electron chi connectivity index (χ3n) is 2.50. The number of nitrogens with one attached hydrogen (secondary N) is 1. The normalized spacial score (nSPS) is 12.2. The van der Waals surface area contributed by atoms with Crippen molar-refractivity contribution in [3.05, 3.63) is 23.8 Å². The second-order valence-electron chi connectivity index (χ2n) is 3.96. The molecule has 0 aliphatic rings. The number of nitrogen functional groups attached to an aromatic ring is 1. The molecule has 1 unspecified atom stereocenters. The molecule has 0 heterocycles. The largest absolute Gasteiger partial charge is 0.490 e. The van der Waals surface area contributed by atoms with E-state index in [9.17, 15) is 0 Å². The minimum Gasteiger partial charge on any atom is -0.490 e. The van der Waals surface area contributed by atoms with Crippen LogP contribution in [-0.4, -0.2) is 18.2 Å². The van der Waals surface area contributed by atoms with Crippen molar-refractivity contribution in [2.24, 2.45) is 5.73 Å². The molecule has 0 saturated carbocycles. The molecule has 0 radical (unpaired) electrons. The van der Waals surface area contributed by atoms with Crippen LogP contribution < -0.4 is 10.5 Å². The Hall–Kier alpha value is -1.16. The van der Waals surface area contributed by atoms with Crippen molar-refractivity contribution in [2.75, 3.05) is 6.26 Å². The fourth-order valence-corrected chi connectivity index (χ4v) is 2.36. The van der Waals surface area contributed by atoms with Gasteiger partial charge in [0.1, 0.15) is 11.6 Å². The van der Waals surface area contributed by atoms with E-state index in [-0.39, 0.29) is 11.9 Å². The molecule has 3 N–H and O–H groups in total. The molecule has 0 bridgehead atoms. The van der Waals surface area contributed by atoms with Crippen LogP contribution in [-0.2, 0) is 0 Å². The van der Waals surface area contributed by atoms with E-state index in [0.717, 1.165) is 17.7 Å². The van der Waals surface area contributed by atoms with E-state index in [0.29, 0.717) is 11.3 Å². The van der Waals surface area contributed by atoms with Gasteiger partial charge in [0, 0.05) is 4.90 Å². The molecular formula is C13H20N2OS. The fraction of sp³-hybridized carbons (Fsp3) is 0.462.